The van der Waals surface area contributed by atoms with Crippen LogP contribution in [0.1, 0.15) is 12.7 Å². The second-order valence-corrected chi connectivity index (χ2v) is 9.97. The molecule has 1 fully saturated rings. The molecule has 2 aromatic rings. The smallest absolute Gasteiger partial charge is 0.243 e. The molecule has 0 aliphatic carbocycles. The van der Waals surface area contributed by atoms with Gasteiger partial charge >= 0.3 is 0 Å². The van der Waals surface area contributed by atoms with Gasteiger partial charge in [-0.05, 0) is 38.1 Å². The number of allylic oxidation sites excluding steroid dienone is 1. The maximum absolute atomic E-state index is 12.7. The van der Waals surface area contributed by atoms with E-state index in [4.69, 9.17) is 4.74 Å². The van der Waals surface area contributed by atoms with Gasteiger partial charge in [0.25, 0.3) is 0 Å². The van der Waals surface area contributed by atoms with Crippen LogP contribution in [-0.4, -0.2) is 64.9 Å². The van der Waals surface area contributed by atoms with Crippen LogP contribution in [0.15, 0.2) is 47.0 Å². The number of benzene rings is 1. The summed E-state index contributed by atoms with van der Waals surface area (Å²) < 4.78 is 33.9. The number of carbonyl (C=O) groups is 1. The third kappa shape index (κ3) is 5.09. The zero-order valence-corrected chi connectivity index (χ0v) is 18.6. The second-order valence-electron chi connectivity index (χ2n) is 6.72. The molecule has 1 aliphatic heterocycles. The summed E-state index contributed by atoms with van der Waals surface area (Å²) >= 11 is 1.30. The molecule has 0 spiro atoms. The topological polar surface area (TPSA) is 106 Å². The van der Waals surface area contributed by atoms with Crippen molar-refractivity contribution in [3.63, 3.8) is 0 Å². The minimum Gasteiger partial charge on any atom is -0.379 e. The van der Waals surface area contributed by atoms with E-state index in [9.17, 15) is 13.2 Å². The lowest BCUT2D eigenvalue weighted by molar-refractivity contribution is -0.115. The molecular formula is C19H25N5O4S2. The molecular weight excluding hydrogens is 426 g/mol. The number of carbonyl (C=O) groups excluding carboxylic acids is 1. The Morgan fingerprint density at radius 2 is 1.97 bits per heavy atom. The second kappa shape index (κ2) is 9.73. The summed E-state index contributed by atoms with van der Waals surface area (Å²) in [6, 6.07) is 6.19. The zero-order valence-electron chi connectivity index (χ0n) is 16.9. The maximum atomic E-state index is 12.7. The van der Waals surface area contributed by atoms with Gasteiger partial charge in [0.1, 0.15) is 5.82 Å². The van der Waals surface area contributed by atoms with Gasteiger partial charge in [0.15, 0.2) is 5.16 Å². The zero-order chi connectivity index (χ0) is 21.7. The first-order valence-corrected chi connectivity index (χ1v) is 11.8. The quantitative estimate of drug-likeness (QED) is 0.483. The van der Waals surface area contributed by atoms with E-state index >= 15 is 0 Å². The third-order valence-corrected chi connectivity index (χ3v) is 7.59. The molecule has 1 saturated heterocycles. The van der Waals surface area contributed by atoms with E-state index in [0.717, 1.165) is 5.82 Å². The van der Waals surface area contributed by atoms with Crippen LogP contribution < -0.4 is 5.32 Å². The van der Waals surface area contributed by atoms with Crippen LogP contribution in [-0.2, 0) is 26.1 Å². The van der Waals surface area contributed by atoms with E-state index in [2.05, 4.69) is 22.1 Å². The highest BCUT2D eigenvalue weighted by Crippen LogP contribution is 2.24. The van der Waals surface area contributed by atoms with Crippen molar-refractivity contribution in [2.24, 2.45) is 0 Å². The van der Waals surface area contributed by atoms with E-state index in [1.165, 1.54) is 28.2 Å². The summed E-state index contributed by atoms with van der Waals surface area (Å²) in [6.45, 7) is 9.37. The number of rotatable bonds is 8. The van der Waals surface area contributed by atoms with E-state index in [-0.39, 0.29) is 10.8 Å². The predicted molar refractivity (Wildman–Crippen MR) is 115 cm³/mol. The summed E-state index contributed by atoms with van der Waals surface area (Å²) in [6.07, 6.45) is 1.75. The minimum absolute atomic E-state index is 0.192. The monoisotopic (exact) mass is 451 g/mol. The van der Waals surface area contributed by atoms with Gasteiger partial charge in [0.05, 0.1) is 23.4 Å². The number of nitrogens with zero attached hydrogens (tertiary/aromatic N) is 4. The molecule has 1 aromatic carbocycles. The molecule has 1 unspecified atom stereocenters. The number of hydrogen-bond acceptors (Lipinski definition) is 7. The molecule has 1 aromatic heterocycles. The van der Waals surface area contributed by atoms with Gasteiger partial charge in [-0.3, -0.25) is 4.79 Å². The van der Waals surface area contributed by atoms with Crippen LogP contribution in [0, 0.1) is 6.92 Å². The van der Waals surface area contributed by atoms with Crippen LogP contribution in [0.2, 0.25) is 0 Å². The van der Waals surface area contributed by atoms with Crippen molar-refractivity contribution in [2.75, 3.05) is 31.6 Å². The summed E-state index contributed by atoms with van der Waals surface area (Å²) in [5.41, 5.74) is 0.525. The van der Waals surface area contributed by atoms with Gasteiger partial charge in [-0.25, -0.2) is 8.42 Å². The fourth-order valence-electron chi connectivity index (χ4n) is 2.89. The number of hydrogen-bond donors (Lipinski definition) is 1. The average molecular weight is 452 g/mol. The van der Waals surface area contributed by atoms with Gasteiger partial charge in [-0.1, -0.05) is 17.8 Å². The Kier molecular flexibility index (Phi) is 7.29. The number of aryl methyl sites for hydroxylation is 1. The van der Waals surface area contributed by atoms with Gasteiger partial charge < -0.3 is 14.6 Å². The highest BCUT2D eigenvalue weighted by atomic mass is 32.2. The number of anilines is 1. The lowest BCUT2D eigenvalue weighted by atomic mass is 10.3. The molecule has 1 amide bonds. The molecule has 2 heterocycles. The number of aromatic nitrogens is 3. The minimum atomic E-state index is -3.56. The first-order valence-electron chi connectivity index (χ1n) is 9.49. The van der Waals surface area contributed by atoms with E-state index in [1.54, 1.807) is 25.1 Å². The number of morpholine rings is 1. The fourth-order valence-corrected chi connectivity index (χ4v) is 5.20. The Balaban J connectivity index is 1.63. The molecule has 9 nitrogen and oxygen atoms in total. The van der Waals surface area contributed by atoms with E-state index < -0.39 is 15.3 Å². The Hall–Kier alpha value is -2.21. The van der Waals surface area contributed by atoms with Crippen LogP contribution >= 0.6 is 11.8 Å². The van der Waals surface area contributed by atoms with Crippen LogP contribution in [0.25, 0.3) is 0 Å². The molecule has 1 atom stereocenters. The van der Waals surface area contributed by atoms with Gasteiger partial charge in [-0.2, -0.15) is 4.31 Å². The number of nitrogens with one attached hydrogen (secondary N) is 1. The molecule has 162 valence electrons. The third-order valence-electron chi connectivity index (χ3n) is 4.59. The summed E-state index contributed by atoms with van der Waals surface area (Å²) in [5, 5.41) is 11.2. The molecule has 0 saturated carbocycles. The highest BCUT2D eigenvalue weighted by Gasteiger charge is 2.26. The Labute approximate surface area is 180 Å². The van der Waals surface area contributed by atoms with E-state index in [1.807, 2.05) is 11.5 Å². The molecule has 11 heteroatoms. The van der Waals surface area contributed by atoms with Crippen molar-refractivity contribution in [2.45, 2.75) is 35.7 Å². The Bertz CT molecular complexity index is 998. The maximum Gasteiger partial charge on any atom is 0.243 e. The molecule has 30 heavy (non-hydrogen) atoms. The Morgan fingerprint density at radius 3 is 2.60 bits per heavy atom. The van der Waals surface area contributed by atoms with Crippen LogP contribution in [0.3, 0.4) is 0 Å². The number of sulfonamides is 1. The average Bonchev–Trinajstić information content (AvgIpc) is 3.08. The Morgan fingerprint density at radius 1 is 1.30 bits per heavy atom. The summed E-state index contributed by atoms with van der Waals surface area (Å²) in [4.78, 5) is 12.8. The molecule has 0 bridgehead atoms. The molecule has 3 rings (SSSR count). The van der Waals surface area contributed by atoms with Gasteiger partial charge in [-0.15, -0.1) is 16.8 Å². The lowest BCUT2D eigenvalue weighted by Crippen LogP contribution is -2.40. The fraction of sp³-hybridized carbons (Fsp3) is 0.421. The van der Waals surface area contributed by atoms with Crippen molar-refractivity contribution in [3.05, 3.63) is 42.7 Å². The van der Waals surface area contributed by atoms with Crippen molar-refractivity contribution in [1.82, 2.24) is 19.1 Å². The lowest BCUT2D eigenvalue weighted by Gasteiger charge is -2.26. The SMILES string of the molecule is C=CCn1c(C)nnc1SC(C)C(=O)Nc1ccc(S(=O)(=O)N2CCOCC2)cc1. The van der Waals surface area contributed by atoms with Crippen molar-refractivity contribution in [3.8, 4) is 0 Å². The normalized spacial score (nSPS) is 16.2. The van der Waals surface area contributed by atoms with Crippen molar-refractivity contribution < 1.29 is 17.9 Å². The van der Waals surface area contributed by atoms with Crippen LogP contribution in [0.4, 0.5) is 5.69 Å². The number of thioether (sulfide) groups is 1. The molecule has 0 radical (unpaired) electrons. The van der Waals surface area contributed by atoms with Crippen molar-refractivity contribution in [1.29, 1.82) is 0 Å². The van der Waals surface area contributed by atoms with E-state index in [0.29, 0.717) is 43.7 Å². The predicted octanol–water partition coefficient (Wildman–Crippen LogP) is 1.91. The standard InChI is InChI=1S/C19H25N5O4S2/c1-4-9-24-15(3)21-22-19(24)29-14(2)18(25)20-16-5-7-17(8-6-16)30(26,27)23-10-12-28-13-11-23/h4-8,14H,1,9-13H2,2-3H3,(H,20,25). The molecule has 1 aliphatic rings. The first kappa shape index (κ1) is 22.5. The molecule has 1 N–H and O–H groups in total. The number of amides is 1. The van der Waals surface area contributed by atoms with Crippen molar-refractivity contribution >= 4 is 33.4 Å². The summed E-state index contributed by atoms with van der Waals surface area (Å²) in [7, 11) is -3.56. The van der Waals surface area contributed by atoms with Gasteiger partial charge in [0.2, 0.25) is 15.9 Å². The first-order chi connectivity index (χ1) is 14.3. The van der Waals surface area contributed by atoms with Gasteiger partial charge in [0, 0.05) is 25.3 Å². The van der Waals surface area contributed by atoms with Crippen LogP contribution in [0.5, 0.6) is 0 Å². The summed E-state index contributed by atoms with van der Waals surface area (Å²) in [5.74, 6) is 0.539. The highest BCUT2D eigenvalue weighted by molar-refractivity contribution is 8.00. The number of ether oxygens (including phenoxy) is 1. The largest absolute Gasteiger partial charge is 0.379 e.